The molecule has 5 aromatic rings. The van der Waals surface area contributed by atoms with Crippen LogP contribution in [0, 0.1) is 10.1 Å². The number of carbonyl (C=O) groups excluding carboxylic acids is 1. The number of hydrogen-bond acceptors (Lipinski definition) is 10. The number of rotatable bonds is 15. The quantitative estimate of drug-likeness (QED) is 0.0550. The fourth-order valence-corrected chi connectivity index (χ4v) is 8.44. The molecule has 55 heavy (non-hydrogen) atoms. The third kappa shape index (κ3) is 10.4. The van der Waals surface area contributed by atoms with E-state index < -0.39 is 43.4 Å². The molecule has 0 aromatic heterocycles. The molecule has 284 valence electrons. The monoisotopic (exact) mass is 799 g/mol. The highest BCUT2D eigenvalue weighted by molar-refractivity contribution is 7.99. The van der Waals surface area contributed by atoms with Crippen LogP contribution in [-0.4, -0.2) is 73.2 Å². The lowest BCUT2D eigenvalue weighted by Crippen LogP contribution is -2.46. The van der Waals surface area contributed by atoms with Gasteiger partial charge in [0.2, 0.25) is 0 Å². The number of piperazine rings is 1. The number of nitrogens with one attached hydrogen (secondary N) is 2. The van der Waals surface area contributed by atoms with Gasteiger partial charge in [0.25, 0.3) is 21.6 Å². The first-order valence-electron chi connectivity index (χ1n) is 17.4. The van der Waals surface area contributed by atoms with Gasteiger partial charge >= 0.3 is 5.97 Å². The Bertz CT molecular complexity index is 2260. The molecular weight excluding hydrogens is 762 g/mol. The van der Waals surface area contributed by atoms with Gasteiger partial charge in [0.15, 0.2) is 0 Å². The van der Waals surface area contributed by atoms with Gasteiger partial charge < -0.3 is 15.3 Å². The zero-order chi connectivity index (χ0) is 39.0. The second-order valence-electron chi connectivity index (χ2n) is 12.9. The van der Waals surface area contributed by atoms with Crippen molar-refractivity contribution in [2.45, 2.75) is 28.8 Å². The predicted molar refractivity (Wildman–Crippen MR) is 215 cm³/mol. The van der Waals surface area contributed by atoms with Gasteiger partial charge in [-0.2, -0.15) is 0 Å². The number of thioether (sulfide) groups is 1. The molecule has 1 saturated heterocycles. The van der Waals surface area contributed by atoms with E-state index in [9.17, 15) is 33.2 Å². The molecule has 0 unspecified atom stereocenters. The number of benzene rings is 5. The summed E-state index contributed by atoms with van der Waals surface area (Å²) in [6, 6.07) is 34.5. The van der Waals surface area contributed by atoms with Crippen molar-refractivity contribution in [1.82, 2.24) is 9.62 Å². The van der Waals surface area contributed by atoms with Gasteiger partial charge in [0.05, 0.1) is 16.2 Å². The van der Waals surface area contributed by atoms with Gasteiger partial charge in [-0.15, -0.1) is 11.8 Å². The van der Waals surface area contributed by atoms with E-state index in [4.69, 9.17) is 11.6 Å². The Morgan fingerprint density at radius 1 is 0.873 bits per heavy atom. The molecule has 0 saturated carbocycles. The van der Waals surface area contributed by atoms with E-state index in [0.717, 1.165) is 72.1 Å². The van der Waals surface area contributed by atoms with E-state index in [1.807, 2.05) is 65.4 Å². The van der Waals surface area contributed by atoms with E-state index in [2.05, 4.69) is 33.3 Å². The van der Waals surface area contributed by atoms with Gasteiger partial charge in [-0.1, -0.05) is 66.2 Å². The average molecular weight is 800 g/mol. The maximum atomic E-state index is 13.2. The summed E-state index contributed by atoms with van der Waals surface area (Å²) >= 11 is 7.75. The van der Waals surface area contributed by atoms with Gasteiger partial charge in [0.1, 0.15) is 5.69 Å². The first-order chi connectivity index (χ1) is 26.4. The number of carboxylic acid groups (broad SMARTS) is 1. The van der Waals surface area contributed by atoms with Crippen LogP contribution in [0.5, 0.6) is 0 Å². The molecule has 15 heteroatoms. The molecule has 12 nitrogen and oxygen atoms in total. The number of nitro benzene ring substituents is 1. The van der Waals surface area contributed by atoms with Crippen LogP contribution < -0.4 is 14.9 Å². The van der Waals surface area contributed by atoms with Crippen molar-refractivity contribution < 1.29 is 28.0 Å². The van der Waals surface area contributed by atoms with Gasteiger partial charge in [-0.05, 0) is 77.4 Å². The average Bonchev–Trinajstić information content (AvgIpc) is 3.18. The highest BCUT2D eigenvalue weighted by Gasteiger charge is 2.26. The molecule has 0 aliphatic carbocycles. The molecule has 5 aromatic carbocycles. The summed E-state index contributed by atoms with van der Waals surface area (Å²) in [5, 5.41) is 25.0. The number of sulfonamides is 1. The molecule has 0 spiro atoms. The number of carboxylic acids is 1. The van der Waals surface area contributed by atoms with Crippen molar-refractivity contribution in [3.8, 4) is 11.1 Å². The summed E-state index contributed by atoms with van der Waals surface area (Å²) < 4.78 is 28.5. The standard InChI is InChI=1S/C40H38ClN5O7S2/c41-31-13-17-36(28-7-3-1-4-8-28)30(23-31)26-44-19-21-45(22-20-44)33-14-11-29(12-15-33)40(49)43-55(52,53)35-16-18-37(38(25-35)46(50)51)42-32(24-39(47)48)27-54-34-9-5-2-6-10-34/h1-18,23,25,32,42H,19-22,24,26-27H2,(H,43,49)(H,47,48)/t32-/m1/s1. The lowest BCUT2D eigenvalue weighted by molar-refractivity contribution is -0.384. The molecule has 3 N–H and O–H groups in total. The first-order valence-corrected chi connectivity index (χ1v) is 20.2. The highest BCUT2D eigenvalue weighted by atomic mass is 35.5. The number of nitrogens with zero attached hydrogens (tertiary/aromatic N) is 3. The maximum Gasteiger partial charge on any atom is 0.305 e. The number of halogens is 1. The summed E-state index contributed by atoms with van der Waals surface area (Å²) in [7, 11) is -4.51. The van der Waals surface area contributed by atoms with E-state index in [1.54, 1.807) is 12.1 Å². The van der Waals surface area contributed by atoms with Crippen molar-refractivity contribution in [2.75, 3.05) is 42.1 Å². The number of carbonyl (C=O) groups is 2. The molecule has 1 atom stereocenters. The van der Waals surface area contributed by atoms with E-state index in [1.165, 1.54) is 30.0 Å². The van der Waals surface area contributed by atoms with Crippen molar-refractivity contribution in [3.63, 3.8) is 0 Å². The second kappa shape index (κ2) is 17.8. The number of aliphatic carboxylic acids is 1. The van der Waals surface area contributed by atoms with Crippen LogP contribution in [0.15, 0.2) is 131 Å². The van der Waals surface area contributed by atoms with E-state index in [0.29, 0.717) is 5.02 Å². The zero-order valence-electron chi connectivity index (χ0n) is 29.5. The van der Waals surface area contributed by atoms with Crippen molar-refractivity contribution in [3.05, 3.63) is 148 Å². The minimum atomic E-state index is -4.51. The second-order valence-corrected chi connectivity index (χ2v) is 16.1. The summed E-state index contributed by atoms with van der Waals surface area (Å²) in [4.78, 5) is 40.9. The molecule has 1 fully saturated rings. The van der Waals surface area contributed by atoms with E-state index in [-0.39, 0.29) is 23.4 Å². The van der Waals surface area contributed by atoms with Crippen LogP contribution in [0.2, 0.25) is 5.02 Å². The third-order valence-electron chi connectivity index (χ3n) is 9.09. The molecular formula is C40H38ClN5O7S2. The Morgan fingerprint density at radius 2 is 1.55 bits per heavy atom. The Balaban J connectivity index is 1.07. The van der Waals surface area contributed by atoms with Crippen molar-refractivity contribution >= 4 is 62.3 Å². The van der Waals surface area contributed by atoms with Crippen molar-refractivity contribution in [2.24, 2.45) is 0 Å². The first kappa shape index (κ1) is 39.3. The number of anilines is 2. The summed E-state index contributed by atoms with van der Waals surface area (Å²) in [6.45, 7) is 3.83. The third-order valence-corrected chi connectivity index (χ3v) is 11.8. The van der Waals surface area contributed by atoms with Crippen LogP contribution >= 0.6 is 23.4 Å². The molecule has 0 bridgehead atoms. The molecule has 1 heterocycles. The number of amides is 1. The van der Waals surface area contributed by atoms with Crippen LogP contribution in [0.3, 0.4) is 0 Å². The molecule has 1 aliphatic heterocycles. The summed E-state index contributed by atoms with van der Waals surface area (Å²) in [5.41, 5.74) is 3.78. The minimum Gasteiger partial charge on any atom is -0.481 e. The largest absolute Gasteiger partial charge is 0.481 e. The smallest absolute Gasteiger partial charge is 0.305 e. The van der Waals surface area contributed by atoms with Crippen LogP contribution in [0.1, 0.15) is 22.3 Å². The van der Waals surface area contributed by atoms with E-state index >= 15 is 0 Å². The summed E-state index contributed by atoms with van der Waals surface area (Å²) in [5.74, 6) is -1.72. The number of nitro groups is 1. The van der Waals surface area contributed by atoms with Gasteiger partial charge in [0, 0.05) is 71.8 Å². The van der Waals surface area contributed by atoms with Crippen LogP contribution in [0.25, 0.3) is 11.1 Å². The van der Waals surface area contributed by atoms with Crippen molar-refractivity contribution in [1.29, 1.82) is 0 Å². The Labute approximate surface area is 328 Å². The molecule has 6 rings (SSSR count). The Kier molecular flexibility index (Phi) is 12.7. The number of hydrogen-bond donors (Lipinski definition) is 3. The predicted octanol–water partition coefficient (Wildman–Crippen LogP) is 7.40. The SMILES string of the molecule is O=C(O)C[C@H](CSc1ccccc1)Nc1ccc(S(=O)(=O)NC(=O)c2ccc(N3CCN(Cc4cc(Cl)ccc4-c4ccccc4)CC3)cc2)cc1[N+](=O)[O-]. The summed E-state index contributed by atoms with van der Waals surface area (Å²) in [6.07, 6.45) is -0.331. The lowest BCUT2D eigenvalue weighted by Gasteiger charge is -2.36. The van der Waals surface area contributed by atoms with Gasteiger partial charge in [-0.25, -0.2) is 13.1 Å². The lowest BCUT2D eigenvalue weighted by atomic mass is 9.99. The highest BCUT2D eigenvalue weighted by Crippen LogP contribution is 2.31. The maximum absolute atomic E-state index is 13.2. The zero-order valence-corrected chi connectivity index (χ0v) is 31.9. The van der Waals surface area contributed by atoms with Crippen LogP contribution in [0.4, 0.5) is 17.1 Å². The molecule has 1 aliphatic rings. The minimum absolute atomic E-state index is 0.0481. The normalized spacial score (nSPS) is 13.9. The Hall–Kier alpha value is -5.41. The van der Waals surface area contributed by atoms with Gasteiger partial charge in [-0.3, -0.25) is 24.6 Å². The Morgan fingerprint density at radius 3 is 2.20 bits per heavy atom. The van der Waals surface area contributed by atoms with Crippen LogP contribution in [-0.2, 0) is 21.4 Å². The fourth-order valence-electron chi connectivity index (χ4n) is 6.31. The molecule has 0 radical (unpaired) electrons. The topological polar surface area (TPSA) is 162 Å². The molecule has 1 amide bonds. The fraction of sp³-hybridized carbons (Fsp3) is 0.200.